The molecule has 0 saturated carbocycles. The molecular formula is C8H11N2O2S-. The van der Waals surface area contributed by atoms with Crippen molar-refractivity contribution < 1.29 is 8.76 Å². The summed E-state index contributed by atoms with van der Waals surface area (Å²) in [6, 6.07) is 0. The van der Waals surface area contributed by atoms with Gasteiger partial charge in [0.1, 0.15) is 6.33 Å². The Morgan fingerprint density at radius 3 is 2.85 bits per heavy atom. The highest BCUT2D eigenvalue weighted by Crippen LogP contribution is 2.16. The lowest BCUT2D eigenvalue weighted by Gasteiger charge is -2.11. The molecule has 0 aliphatic rings. The fourth-order valence-corrected chi connectivity index (χ4v) is 1.60. The van der Waals surface area contributed by atoms with Crippen molar-refractivity contribution in [1.82, 2.24) is 9.97 Å². The van der Waals surface area contributed by atoms with Crippen molar-refractivity contribution in [3.05, 3.63) is 23.8 Å². The molecule has 0 saturated heterocycles. The molecule has 0 bridgehead atoms. The molecule has 5 heteroatoms. The lowest BCUT2D eigenvalue weighted by molar-refractivity contribution is 0.535. The molecule has 1 heterocycles. The van der Waals surface area contributed by atoms with Crippen LogP contribution in [-0.4, -0.2) is 18.7 Å². The van der Waals surface area contributed by atoms with Crippen LogP contribution in [0.25, 0.3) is 0 Å². The number of hydrogen-bond acceptors (Lipinski definition) is 4. The summed E-state index contributed by atoms with van der Waals surface area (Å²) in [6.07, 6.45) is 2.99. The van der Waals surface area contributed by atoms with Gasteiger partial charge >= 0.3 is 0 Å². The molecule has 1 rings (SSSR count). The molecule has 0 aliphatic carbocycles. The predicted octanol–water partition coefficient (Wildman–Crippen LogP) is 0.979. The summed E-state index contributed by atoms with van der Waals surface area (Å²) in [7, 11) is 0. The second-order valence-corrected chi connectivity index (χ2v) is 3.93. The van der Waals surface area contributed by atoms with Gasteiger partial charge < -0.3 is 4.55 Å². The van der Waals surface area contributed by atoms with Crippen LogP contribution in [-0.2, 0) is 16.8 Å². The van der Waals surface area contributed by atoms with E-state index < -0.39 is 11.1 Å². The molecule has 0 fully saturated rings. The lowest BCUT2D eigenvalue weighted by atomic mass is 10.1. The third kappa shape index (κ3) is 2.86. The number of hydrogen-bond donors (Lipinski definition) is 0. The first-order valence-corrected chi connectivity index (χ1v) is 5.20. The molecule has 0 radical (unpaired) electrons. The SMILES string of the molecule is CC(C)c1ncncc1CS(=O)[O-]. The average Bonchev–Trinajstić information content (AvgIpc) is 2.03. The van der Waals surface area contributed by atoms with Crippen LogP contribution in [0.2, 0.25) is 0 Å². The summed E-state index contributed by atoms with van der Waals surface area (Å²) in [5, 5.41) is 0. The molecule has 1 aromatic heterocycles. The predicted molar refractivity (Wildman–Crippen MR) is 48.7 cm³/mol. The maximum absolute atomic E-state index is 10.5. The summed E-state index contributed by atoms with van der Waals surface area (Å²) < 4.78 is 21.0. The summed E-state index contributed by atoms with van der Waals surface area (Å²) in [4.78, 5) is 7.84. The molecule has 4 nitrogen and oxygen atoms in total. The van der Waals surface area contributed by atoms with Gasteiger partial charge in [0.05, 0.1) is 5.69 Å². The van der Waals surface area contributed by atoms with Crippen LogP contribution in [0.5, 0.6) is 0 Å². The van der Waals surface area contributed by atoms with E-state index in [9.17, 15) is 8.76 Å². The molecule has 0 amide bonds. The minimum Gasteiger partial charge on any atom is -0.772 e. The zero-order chi connectivity index (χ0) is 9.84. The molecular weight excluding hydrogens is 188 g/mol. The van der Waals surface area contributed by atoms with E-state index in [2.05, 4.69) is 9.97 Å². The quantitative estimate of drug-likeness (QED) is 0.680. The Labute approximate surface area is 79.7 Å². The Bertz CT molecular complexity index is 315. The first-order valence-electron chi connectivity index (χ1n) is 3.96. The standard InChI is InChI=1S/C8H12N2O2S/c1-6(2)8-7(4-13(11)12)3-9-5-10-8/h3,5-6H,4H2,1-2H3,(H,11,12)/p-1. The second-order valence-electron chi connectivity index (χ2n) is 3.04. The molecule has 0 aromatic carbocycles. The average molecular weight is 199 g/mol. The summed E-state index contributed by atoms with van der Waals surface area (Å²) in [6.45, 7) is 3.94. The maximum atomic E-state index is 10.5. The van der Waals surface area contributed by atoms with Gasteiger partial charge in [-0.25, -0.2) is 9.97 Å². The van der Waals surface area contributed by atoms with Crippen LogP contribution in [0, 0.1) is 0 Å². The lowest BCUT2D eigenvalue weighted by Crippen LogP contribution is -2.03. The van der Waals surface area contributed by atoms with Gasteiger partial charge in [0.2, 0.25) is 0 Å². The smallest absolute Gasteiger partial charge is 0.115 e. The molecule has 1 atom stereocenters. The molecule has 1 aromatic rings. The zero-order valence-electron chi connectivity index (χ0n) is 7.56. The Morgan fingerprint density at radius 2 is 2.31 bits per heavy atom. The van der Waals surface area contributed by atoms with Crippen LogP contribution in [0.15, 0.2) is 12.5 Å². The van der Waals surface area contributed by atoms with E-state index in [4.69, 9.17) is 0 Å². The maximum Gasteiger partial charge on any atom is 0.115 e. The van der Waals surface area contributed by atoms with Gasteiger partial charge in [0, 0.05) is 17.5 Å². The topological polar surface area (TPSA) is 65.9 Å². The number of nitrogens with zero attached hydrogens (tertiary/aromatic N) is 2. The minimum atomic E-state index is -2.07. The van der Waals surface area contributed by atoms with Gasteiger partial charge in [0.15, 0.2) is 0 Å². The van der Waals surface area contributed by atoms with Gasteiger partial charge in [-0.2, -0.15) is 0 Å². The van der Waals surface area contributed by atoms with Crippen molar-refractivity contribution in [3.63, 3.8) is 0 Å². The Morgan fingerprint density at radius 1 is 1.62 bits per heavy atom. The second kappa shape index (κ2) is 4.43. The molecule has 1 unspecified atom stereocenters. The van der Waals surface area contributed by atoms with Crippen LogP contribution in [0.3, 0.4) is 0 Å². The van der Waals surface area contributed by atoms with Gasteiger partial charge in [-0.3, -0.25) is 4.21 Å². The normalized spacial score (nSPS) is 13.2. The molecule has 72 valence electrons. The van der Waals surface area contributed by atoms with E-state index in [1.54, 1.807) is 6.20 Å². The van der Waals surface area contributed by atoms with Crippen LogP contribution in [0.4, 0.5) is 0 Å². The first-order chi connectivity index (χ1) is 6.11. The van der Waals surface area contributed by atoms with Gasteiger partial charge in [-0.1, -0.05) is 24.9 Å². The van der Waals surface area contributed by atoms with E-state index in [-0.39, 0.29) is 11.7 Å². The van der Waals surface area contributed by atoms with E-state index >= 15 is 0 Å². The highest BCUT2D eigenvalue weighted by atomic mass is 32.2. The fourth-order valence-electron chi connectivity index (χ4n) is 1.13. The first kappa shape index (κ1) is 10.3. The van der Waals surface area contributed by atoms with E-state index in [0.717, 1.165) is 5.69 Å². The summed E-state index contributed by atoms with van der Waals surface area (Å²) in [5.74, 6) is 0.218. The molecule has 0 N–H and O–H groups in total. The minimum absolute atomic E-state index is 0.00560. The molecule has 13 heavy (non-hydrogen) atoms. The van der Waals surface area contributed by atoms with E-state index in [0.29, 0.717) is 5.56 Å². The Hall–Kier alpha value is -0.810. The molecule has 0 spiro atoms. The van der Waals surface area contributed by atoms with Crippen LogP contribution in [0.1, 0.15) is 31.0 Å². The van der Waals surface area contributed by atoms with Gasteiger partial charge in [0.25, 0.3) is 0 Å². The van der Waals surface area contributed by atoms with Gasteiger partial charge in [-0.05, 0) is 5.92 Å². The highest BCUT2D eigenvalue weighted by Gasteiger charge is 2.07. The van der Waals surface area contributed by atoms with Crippen molar-refractivity contribution >= 4 is 11.1 Å². The monoisotopic (exact) mass is 199 g/mol. The fraction of sp³-hybridized carbons (Fsp3) is 0.500. The van der Waals surface area contributed by atoms with Crippen molar-refractivity contribution in [3.8, 4) is 0 Å². The molecule has 0 aliphatic heterocycles. The van der Waals surface area contributed by atoms with Crippen molar-refractivity contribution in [2.24, 2.45) is 0 Å². The Kier molecular flexibility index (Phi) is 3.50. The summed E-state index contributed by atoms with van der Waals surface area (Å²) in [5.41, 5.74) is 1.49. The summed E-state index contributed by atoms with van der Waals surface area (Å²) >= 11 is -2.07. The van der Waals surface area contributed by atoms with Crippen molar-refractivity contribution in [2.45, 2.75) is 25.5 Å². The number of aromatic nitrogens is 2. The van der Waals surface area contributed by atoms with E-state index in [1.807, 2.05) is 13.8 Å². The van der Waals surface area contributed by atoms with Gasteiger partial charge in [-0.15, -0.1) is 0 Å². The van der Waals surface area contributed by atoms with Crippen LogP contribution < -0.4 is 0 Å². The van der Waals surface area contributed by atoms with E-state index in [1.165, 1.54) is 6.33 Å². The Balaban J connectivity index is 2.97. The largest absolute Gasteiger partial charge is 0.772 e. The third-order valence-electron chi connectivity index (χ3n) is 1.64. The number of rotatable bonds is 3. The van der Waals surface area contributed by atoms with Crippen LogP contribution >= 0.6 is 0 Å². The van der Waals surface area contributed by atoms with Crippen molar-refractivity contribution in [1.29, 1.82) is 0 Å². The van der Waals surface area contributed by atoms with Crippen molar-refractivity contribution in [2.75, 3.05) is 0 Å². The zero-order valence-corrected chi connectivity index (χ0v) is 8.37. The third-order valence-corrected chi connectivity index (χ3v) is 2.19. The highest BCUT2D eigenvalue weighted by molar-refractivity contribution is 7.78.